The molecule has 2 heteroatoms. The van der Waals surface area contributed by atoms with Crippen LogP contribution in [0.4, 0.5) is 0 Å². The van der Waals surface area contributed by atoms with E-state index in [4.69, 9.17) is 9.84 Å². The molecule has 1 radical (unpaired) electrons. The van der Waals surface area contributed by atoms with Gasteiger partial charge in [0.25, 0.3) is 0 Å². The minimum Gasteiger partial charge on any atom is -0.394 e. The van der Waals surface area contributed by atoms with Crippen LogP contribution >= 0.6 is 0 Å². The average molecular weight is 131 g/mol. The van der Waals surface area contributed by atoms with Gasteiger partial charge < -0.3 is 9.84 Å². The van der Waals surface area contributed by atoms with E-state index in [0.717, 1.165) is 6.42 Å². The van der Waals surface area contributed by atoms with Crippen molar-refractivity contribution in [2.45, 2.75) is 26.2 Å². The molecule has 0 aromatic heterocycles. The van der Waals surface area contributed by atoms with E-state index in [1.807, 2.05) is 0 Å². The molecule has 0 fully saturated rings. The molecule has 0 unspecified atom stereocenters. The quantitative estimate of drug-likeness (QED) is 0.551. The van der Waals surface area contributed by atoms with Crippen molar-refractivity contribution in [2.75, 3.05) is 13.2 Å². The summed E-state index contributed by atoms with van der Waals surface area (Å²) in [5, 5.41) is 8.28. The molecule has 9 heavy (non-hydrogen) atoms. The highest BCUT2D eigenvalue weighted by Gasteiger charge is 1.86. The van der Waals surface area contributed by atoms with Gasteiger partial charge in [0.2, 0.25) is 0 Å². The van der Waals surface area contributed by atoms with Crippen molar-refractivity contribution in [1.82, 2.24) is 0 Å². The summed E-state index contributed by atoms with van der Waals surface area (Å²) < 4.78 is 4.91. The fourth-order valence-electron chi connectivity index (χ4n) is 0.507. The Kier molecular flexibility index (Phi) is 7.85. The van der Waals surface area contributed by atoms with Crippen LogP contribution < -0.4 is 0 Å². The Labute approximate surface area is 56.8 Å². The molecule has 55 valence electrons. The average Bonchev–Trinajstić information content (AvgIpc) is 1.89. The summed E-state index contributed by atoms with van der Waals surface area (Å²) in [5.41, 5.74) is 0. The number of rotatable bonds is 6. The Morgan fingerprint density at radius 2 is 2.33 bits per heavy atom. The first kappa shape index (κ1) is 8.92. The lowest BCUT2D eigenvalue weighted by molar-refractivity contribution is 0.132. The molecule has 0 aliphatic rings. The molecule has 0 spiro atoms. The molecular formula is C7H15O2. The first-order valence-corrected chi connectivity index (χ1v) is 3.46. The highest BCUT2D eigenvalue weighted by molar-refractivity contribution is 4.49. The van der Waals surface area contributed by atoms with Crippen LogP contribution in [0.1, 0.15) is 26.2 Å². The van der Waals surface area contributed by atoms with Gasteiger partial charge in [-0.05, 0) is 6.42 Å². The van der Waals surface area contributed by atoms with E-state index in [2.05, 4.69) is 6.92 Å². The molecule has 0 aromatic rings. The molecule has 0 saturated carbocycles. The molecule has 0 atom stereocenters. The highest BCUT2D eigenvalue weighted by Crippen LogP contribution is 1.97. The summed E-state index contributed by atoms with van der Waals surface area (Å²) in [5.74, 6) is 0. The van der Waals surface area contributed by atoms with Gasteiger partial charge in [-0.1, -0.05) is 19.8 Å². The van der Waals surface area contributed by atoms with Gasteiger partial charge in [-0.25, -0.2) is 0 Å². The van der Waals surface area contributed by atoms with Gasteiger partial charge in [-0.2, -0.15) is 0 Å². The van der Waals surface area contributed by atoms with Crippen LogP contribution in [0.3, 0.4) is 0 Å². The lowest BCUT2D eigenvalue weighted by Gasteiger charge is -1.97. The topological polar surface area (TPSA) is 29.5 Å². The molecule has 0 rings (SSSR count). The second kappa shape index (κ2) is 7.92. The van der Waals surface area contributed by atoms with Crippen molar-refractivity contribution in [3.05, 3.63) is 6.61 Å². The van der Waals surface area contributed by atoms with E-state index >= 15 is 0 Å². The predicted molar refractivity (Wildman–Crippen MR) is 36.9 cm³/mol. The summed E-state index contributed by atoms with van der Waals surface area (Å²) in [7, 11) is 0. The maximum absolute atomic E-state index is 8.28. The number of aliphatic hydroxyl groups is 1. The third kappa shape index (κ3) is 7.92. The first-order valence-electron chi connectivity index (χ1n) is 3.46. The van der Waals surface area contributed by atoms with Crippen LogP contribution in [0, 0.1) is 6.61 Å². The largest absolute Gasteiger partial charge is 0.394 e. The first-order chi connectivity index (χ1) is 4.41. The van der Waals surface area contributed by atoms with E-state index in [9.17, 15) is 0 Å². The zero-order chi connectivity index (χ0) is 6.95. The maximum atomic E-state index is 8.28. The normalized spacial score (nSPS) is 10.0. The molecule has 1 N–H and O–H groups in total. The monoisotopic (exact) mass is 131 g/mol. The van der Waals surface area contributed by atoms with Crippen LogP contribution in [-0.2, 0) is 4.74 Å². The number of hydrogen-bond acceptors (Lipinski definition) is 2. The summed E-state index contributed by atoms with van der Waals surface area (Å²) in [6.45, 7) is 4.45. The molecule has 0 aromatic carbocycles. The molecule has 0 aliphatic carbocycles. The lowest BCUT2D eigenvalue weighted by atomic mass is 10.3. The summed E-state index contributed by atoms with van der Waals surface area (Å²) in [6.07, 6.45) is 3.36. The highest BCUT2D eigenvalue weighted by atomic mass is 16.5. The van der Waals surface area contributed by atoms with E-state index in [-0.39, 0.29) is 6.61 Å². The van der Waals surface area contributed by atoms with Crippen molar-refractivity contribution in [3.8, 4) is 0 Å². The second-order valence-corrected chi connectivity index (χ2v) is 1.90. The van der Waals surface area contributed by atoms with E-state index in [1.165, 1.54) is 12.8 Å². The van der Waals surface area contributed by atoms with Gasteiger partial charge in [0.15, 0.2) is 0 Å². The van der Waals surface area contributed by atoms with Crippen molar-refractivity contribution in [3.63, 3.8) is 0 Å². The molecule has 0 aliphatic heterocycles. The Balaban J connectivity index is 2.60. The Bertz CT molecular complexity index is 40.2. The molecule has 0 heterocycles. The van der Waals surface area contributed by atoms with E-state index < -0.39 is 0 Å². The van der Waals surface area contributed by atoms with Crippen molar-refractivity contribution in [2.24, 2.45) is 0 Å². The number of aliphatic hydroxyl groups excluding tert-OH is 1. The van der Waals surface area contributed by atoms with Gasteiger partial charge in [-0.15, -0.1) is 0 Å². The standard InChI is InChI=1S/C7H15O2/c1-2-3-4-6-9-7-5-8/h6,8H,2-5,7H2,1H3. The Morgan fingerprint density at radius 3 is 2.89 bits per heavy atom. The maximum Gasteiger partial charge on any atom is 0.0837 e. The summed E-state index contributed by atoms with van der Waals surface area (Å²) in [6, 6.07) is 0. The van der Waals surface area contributed by atoms with Crippen LogP contribution in [0.2, 0.25) is 0 Å². The Hall–Kier alpha value is -0.0800. The molecule has 0 amide bonds. The van der Waals surface area contributed by atoms with Gasteiger partial charge in [0.05, 0.1) is 19.8 Å². The number of unbranched alkanes of at least 4 members (excludes halogenated alkanes) is 2. The number of hydrogen-bond donors (Lipinski definition) is 1. The van der Waals surface area contributed by atoms with Crippen LogP contribution in [0.15, 0.2) is 0 Å². The Morgan fingerprint density at radius 1 is 1.56 bits per heavy atom. The van der Waals surface area contributed by atoms with Crippen LogP contribution in [0.25, 0.3) is 0 Å². The smallest absolute Gasteiger partial charge is 0.0837 e. The van der Waals surface area contributed by atoms with Crippen molar-refractivity contribution >= 4 is 0 Å². The van der Waals surface area contributed by atoms with Gasteiger partial charge in [0.1, 0.15) is 0 Å². The third-order valence-corrected chi connectivity index (χ3v) is 1.00. The molecule has 2 nitrogen and oxygen atoms in total. The molecule has 0 bridgehead atoms. The van der Waals surface area contributed by atoms with Gasteiger partial charge >= 0.3 is 0 Å². The minimum absolute atomic E-state index is 0.114. The fourth-order valence-corrected chi connectivity index (χ4v) is 0.507. The lowest BCUT2D eigenvalue weighted by Crippen LogP contribution is -1.95. The summed E-state index contributed by atoms with van der Waals surface area (Å²) in [4.78, 5) is 0. The minimum atomic E-state index is 0.114. The van der Waals surface area contributed by atoms with Crippen molar-refractivity contribution in [1.29, 1.82) is 0 Å². The summed E-state index contributed by atoms with van der Waals surface area (Å²) >= 11 is 0. The third-order valence-electron chi connectivity index (χ3n) is 1.00. The number of ether oxygens (including phenoxy) is 1. The zero-order valence-electron chi connectivity index (χ0n) is 5.97. The van der Waals surface area contributed by atoms with Gasteiger partial charge in [-0.3, -0.25) is 0 Å². The SMILES string of the molecule is CCCC[CH]OCCO. The second-order valence-electron chi connectivity index (χ2n) is 1.90. The fraction of sp³-hybridized carbons (Fsp3) is 0.857. The molecule has 0 saturated heterocycles. The predicted octanol–water partition coefficient (Wildman–Crippen LogP) is 1.35. The van der Waals surface area contributed by atoms with E-state index in [0.29, 0.717) is 6.61 Å². The molecular weight excluding hydrogens is 116 g/mol. The van der Waals surface area contributed by atoms with E-state index in [1.54, 1.807) is 6.61 Å². The van der Waals surface area contributed by atoms with Crippen LogP contribution in [-0.4, -0.2) is 18.3 Å². The van der Waals surface area contributed by atoms with Crippen molar-refractivity contribution < 1.29 is 9.84 Å². The zero-order valence-corrected chi connectivity index (χ0v) is 5.97. The van der Waals surface area contributed by atoms with Crippen LogP contribution in [0.5, 0.6) is 0 Å². The van der Waals surface area contributed by atoms with Gasteiger partial charge in [0, 0.05) is 0 Å².